The average Bonchev–Trinajstić information content (AvgIpc) is 2.77. The van der Waals surface area contributed by atoms with Crippen molar-refractivity contribution in [2.75, 3.05) is 0 Å². The highest BCUT2D eigenvalue weighted by Gasteiger charge is 2.26. The fourth-order valence-corrected chi connectivity index (χ4v) is 2.68. The van der Waals surface area contributed by atoms with Crippen molar-refractivity contribution in [1.29, 1.82) is 0 Å². The number of allylic oxidation sites excluding steroid dienone is 1. The van der Waals surface area contributed by atoms with Gasteiger partial charge in [0.05, 0.1) is 0 Å². The Labute approximate surface area is 122 Å². The van der Waals surface area contributed by atoms with Gasteiger partial charge in [-0.25, -0.2) is 0 Å². The van der Waals surface area contributed by atoms with Gasteiger partial charge in [0, 0.05) is 28.9 Å². The molecule has 1 aliphatic rings. The summed E-state index contributed by atoms with van der Waals surface area (Å²) in [7, 11) is 0. The molecule has 2 heterocycles. The summed E-state index contributed by atoms with van der Waals surface area (Å²) in [6.07, 6.45) is 2.50. The van der Waals surface area contributed by atoms with Crippen LogP contribution in [0.25, 0.3) is 5.57 Å². The van der Waals surface area contributed by atoms with Crippen molar-refractivity contribution in [3.63, 3.8) is 0 Å². The van der Waals surface area contributed by atoms with E-state index in [1.54, 1.807) is 12.1 Å². The van der Waals surface area contributed by atoms with Gasteiger partial charge in [-0.3, -0.25) is 14.9 Å². The standard InChI is InChI=1S/C17H16N2O2/c1-10-9-11(2)18-15(10)8-7-14-12-5-3-4-6-13(12)16(20)19-17(14)21/h3-7,9,18H,8H2,1-2H3,(H,19,20,21)/b14-7-. The second-order valence-electron chi connectivity index (χ2n) is 5.26. The van der Waals surface area contributed by atoms with Crippen molar-refractivity contribution < 1.29 is 9.59 Å². The molecular weight excluding hydrogens is 264 g/mol. The van der Waals surface area contributed by atoms with Crippen LogP contribution in [0.4, 0.5) is 0 Å². The molecule has 0 radical (unpaired) electrons. The number of amides is 2. The van der Waals surface area contributed by atoms with Crippen LogP contribution < -0.4 is 5.32 Å². The molecule has 4 heteroatoms. The lowest BCUT2D eigenvalue weighted by Crippen LogP contribution is -2.36. The Kier molecular flexibility index (Phi) is 3.22. The van der Waals surface area contributed by atoms with Gasteiger partial charge in [0.1, 0.15) is 0 Å². The van der Waals surface area contributed by atoms with Crippen LogP contribution in [0.15, 0.2) is 36.4 Å². The van der Waals surface area contributed by atoms with Crippen LogP contribution >= 0.6 is 0 Å². The van der Waals surface area contributed by atoms with Crippen LogP contribution in [0.5, 0.6) is 0 Å². The summed E-state index contributed by atoms with van der Waals surface area (Å²) >= 11 is 0. The first-order valence-corrected chi connectivity index (χ1v) is 6.86. The SMILES string of the molecule is Cc1cc(C)c(C/C=C2\C(=O)NC(=O)c3ccccc32)[nH]1. The maximum Gasteiger partial charge on any atom is 0.258 e. The third kappa shape index (κ3) is 2.40. The van der Waals surface area contributed by atoms with Crippen LogP contribution in [0.1, 0.15) is 32.9 Å². The number of fused-ring (bicyclic) bond motifs is 1. The normalized spacial score (nSPS) is 16.0. The second kappa shape index (κ2) is 5.05. The molecular formula is C17H16N2O2. The zero-order chi connectivity index (χ0) is 15.0. The number of nitrogens with one attached hydrogen (secondary N) is 2. The number of aromatic amines is 1. The highest BCUT2D eigenvalue weighted by molar-refractivity contribution is 6.31. The first-order valence-electron chi connectivity index (χ1n) is 6.86. The highest BCUT2D eigenvalue weighted by atomic mass is 16.2. The Morgan fingerprint density at radius 1 is 1.05 bits per heavy atom. The number of hydrogen-bond acceptors (Lipinski definition) is 2. The van der Waals surface area contributed by atoms with E-state index in [1.807, 2.05) is 32.1 Å². The molecule has 0 aliphatic carbocycles. The van der Waals surface area contributed by atoms with E-state index in [9.17, 15) is 9.59 Å². The molecule has 1 aromatic carbocycles. The number of hydrogen-bond donors (Lipinski definition) is 2. The molecule has 0 unspecified atom stereocenters. The molecule has 0 atom stereocenters. The van der Waals surface area contributed by atoms with Crippen molar-refractivity contribution >= 4 is 17.4 Å². The van der Waals surface area contributed by atoms with Crippen LogP contribution in [0, 0.1) is 13.8 Å². The Hall–Kier alpha value is -2.62. The van der Waals surface area contributed by atoms with Gasteiger partial charge in [-0.1, -0.05) is 24.3 Å². The summed E-state index contributed by atoms with van der Waals surface area (Å²) in [4.78, 5) is 27.2. The maximum absolute atomic E-state index is 12.1. The maximum atomic E-state index is 12.1. The van der Waals surface area contributed by atoms with Gasteiger partial charge >= 0.3 is 0 Å². The lowest BCUT2D eigenvalue weighted by Gasteiger charge is -2.17. The minimum absolute atomic E-state index is 0.334. The average molecular weight is 280 g/mol. The van der Waals surface area contributed by atoms with Crippen LogP contribution in [0.3, 0.4) is 0 Å². The molecule has 3 rings (SSSR count). The van der Waals surface area contributed by atoms with Gasteiger partial charge in [0.2, 0.25) is 0 Å². The van der Waals surface area contributed by atoms with Crippen molar-refractivity contribution in [2.45, 2.75) is 20.3 Å². The zero-order valence-corrected chi connectivity index (χ0v) is 12.0. The quantitative estimate of drug-likeness (QED) is 0.656. The molecule has 2 aromatic rings. The smallest absolute Gasteiger partial charge is 0.258 e. The van der Waals surface area contributed by atoms with Crippen LogP contribution in [0.2, 0.25) is 0 Å². The predicted octanol–water partition coefficient (Wildman–Crippen LogP) is 2.53. The summed E-state index contributed by atoms with van der Waals surface area (Å²) in [6.45, 7) is 4.04. The lowest BCUT2D eigenvalue weighted by atomic mass is 9.94. The molecule has 0 bridgehead atoms. The Bertz CT molecular complexity index is 769. The molecule has 0 fully saturated rings. The minimum Gasteiger partial charge on any atom is -0.362 e. The first-order chi connectivity index (χ1) is 10.1. The van der Waals surface area contributed by atoms with E-state index in [-0.39, 0.29) is 11.8 Å². The lowest BCUT2D eigenvalue weighted by molar-refractivity contribution is -0.114. The number of imide groups is 1. The van der Waals surface area contributed by atoms with Gasteiger partial charge in [-0.2, -0.15) is 0 Å². The number of benzene rings is 1. The molecule has 106 valence electrons. The van der Waals surface area contributed by atoms with Crippen LogP contribution in [-0.4, -0.2) is 16.8 Å². The fraction of sp³-hybridized carbons (Fsp3) is 0.176. The van der Waals surface area contributed by atoms with E-state index in [1.165, 1.54) is 5.56 Å². The highest BCUT2D eigenvalue weighted by Crippen LogP contribution is 2.24. The molecule has 0 saturated carbocycles. The summed E-state index contributed by atoms with van der Waals surface area (Å²) in [5.41, 5.74) is 5.16. The van der Waals surface area contributed by atoms with Crippen molar-refractivity contribution in [3.8, 4) is 0 Å². The van der Waals surface area contributed by atoms with Crippen molar-refractivity contribution in [2.24, 2.45) is 0 Å². The van der Waals surface area contributed by atoms with Gasteiger partial charge in [0.15, 0.2) is 0 Å². The van der Waals surface area contributed by atoms with Gasteiger partial charge in [-0.05, 0) is 37.1 Å². The number of rotatable bonds is 2. The van der Waals surface area contributed by atoms with E-state index in [4.69, 9.17) is 0 Å². The third-order valence-corrected chi connectivity index (χ3v) is 3.70. The number of H-pyrrole nitrogens is 1. The molecule has 21 heavy (non-hydrogen) atoms. The number of aromatic nitrogens is 1. The third-order valence-electron chi connectivity index (χ3n) is 3.70. The first kappa shape index (κ1) is 13.4. The van der Waals surface area contributed by atoms with Crippen LogP contribution in [-0.2, 0) is 11.2 Å². The molecule has 2 N–H and O–H groups in total. The molecule has 2 amide bonds. The van der Waals surface area contributed by atoms with Crippen molar-refractivity contribution in [3.05, 3.63) is 64.5 Å². The molecule has 0 spiro atoms. The number of aryl methyl sites for hydroxylation is 2. The van der Waals surface area contributed by atoms with Gasteiger partial charge in [0.25, 0.3) is 11.8 Å². The molecule has 4 nitrogen and oxygen atoms in total. The van der Waals surface area contributed by atoms with Gasteiger partial charge < -0.3 is 4.98 Å². The Balaban J connectivity index is 1.99. The number of carbonyl (C=O) groups excluding carboxylic acids is 2. The minimum atomic E-state index is -0.334. The molecule has 0 saturated heterocycles. The van der Waals surface area contributed by atoms with E-state index in [2.05, 4.69) is 16.4 Å². The summed E-state index contributed by atoms with van der Waals surface area (Å²) in [5.74, 6) is -0.667. The second-order valence-corrected chi connectivity index (χ2v) is 5.26. The monoisotopic (exact) mass is 280 g/mol. The largest absolute Gasteiger partial charge is 0.362 e. The van der Waals surface area contributed by atoms with E-state index in [0.29, 0.717) is 23.1 Å². The topological polar surface area (TPSA) is 62.0 Å². The fourth-order valence-electron chi connectivity index (χ4n) is 2.68. The summed E-state index contributed by atoms with van der Waals surface area (Å²) < 4.78 is 0. The predicted molar refractivity (Wildman–Crippen MR) is 80.9 cm³/mol. The van der Waals surface area contributed by atoms with E-state index in [0.717, 1.165) is 11.4 Å². The summed E-state index contributed by atoms with van der Waals surface area (Å²) in [6, 6.07) is 9.25. The van der Waals surface area contributed by atoms with Crippen molar-refractivity contribution in [1.82, 2.24) is 10.3 Å². The molecule has 1 aliphatic heterocycles. The molecule has 1 aromatic heterocycles. The number of carbonyl (C=O) groups is 2. The van der Waals surface area contributed by atoms with Gasteiger partial charge in [-0.15, -0.1) is 0 Å². The zero-order valence-electron chi connectivity index (χ0n) is 12.0. The Morgan fingerprint density at radius 3 is 2.43 bits per heavy atom. The summed E-state index contributed by atoms with van der Waals surface area (Å²) in [5, 5.41) is 2.39. The Morgan fingerprint density at radius 2 is 1.76 bits per heavy atom. The van der Waals surface area contributed by atoms with E-state index >= 15 is 0 Å². The van der Waals surface area contributed by atoms with E-state index < -0.39 is 0 Å².